The molecule has 4 nitrogen and oxygen atoms in total. The number of nitrogens with one attached hydrogen (secondary N) is 1. The molecule has 0 aliphatic heterocycles. The van der Waals surface area contributed by atoms with E-state index >= 15 is 0 Å². The second-order valence-corrected chi connectivity index (χ2v) is 4.58. The number of carbonyl (C=O) groups is 1. The van der Waals surface area contributed by atoms with Crippen LogP contribution in [0.15, 0.2) is 54.9 Å². The van der Waals surface area contributed by atoms with Crippen LogP contribution in [0.1, 0.15) is 10.4 Å². The van der Waals surface area contributed by atoms with Crippen molar-refractivity contribution in [2.45, 2.75) is 0 Å². The fraction of sp³-hybridized carbons (Fsp3) is 0. The van der Waals surface area contributed by atoms with Crippen LogP contribution in [0.3, 0.4) is 0 Å². The molecule has 0 spiro atoms. The van der Waals surface area contributed by atoms with Gasteiger partial charge in [0.15, 0.2) is 0 Å². The number of aromatic nitrogens is 2. The SMILES string of the molecule is Cl.NC(=O)c1cc(-c2ccncc2)[nH]c1-c1ccc(F)cc1. The van der Waals surface area contributed by atoms with Crippen LogP contribution in [0, 0.1) is 5.82 Å². The minimum atomic E-state index is -0.536. The molecule has 0 radical (unpaired) electrons. The van der Waals surface area contributed by atoms with E-state index in [1.807, 2.05) is 12.1 Å². The summed E-state index contributed by atoms with van der Waals surface area (Å²) >= 11 is 0. The normalized spacial score (nSPS) is 10.0. The van der Waals surface area contributed by atoms with E-state index in [1.54, 1.807) is 30.6 Å². The fourth-order valence-electron chi connectivity index (χ4n) is 2.18. The van der Waals surface area contributed by atoms with Crippen molar-refractivity contribution < 1.29 is 9.18 Å². The van der Waals surface area contributed by atoms with Crippen molar-refractivity contribution in [3.05, 3.63) is 66.2 Å². The van der Waals surface area contributed by atoms with Crippen LogP contribution in [0.5, 0.6) is 0 Å². The Hall–Kier alpha value is -2.66. The largest absolute Gasteiger partial charge is 0.366 e. The van der Waals surface area contributed by atoms with Crippen LogP contribution in [-0.4, -0.2) is 15.9 Å². The van der Waals surface area contributed by atoms with E-state index in [4.69, 9.17) is 5.73 Å². The molecule has 0 fully saturated rings. The number of H-pyrrole nitrogens is 1. The van der Waals surface area contributed by atoms with Crippen LogP contribution in [-0.2, 0) is 0 Å². The summed E-state index contributed by atoms with van der Waals surface area (Å²) in [6, 6.07) is 11.2. The number of pyridine rings is 1. The van der Waals surface area contributed by atoms with Gasteiger partial charge in [-0.3, -0.25) is 9.78 Å². The van der Waals surface area contributed by atoms with E-state index in [-0.39, 0.29) is 18.2 Å². The van der Waals surface area contributed by atoms with E-state index in [9.17, 15) is 9.18 Å². The number of hydrogen-bond donors (Lipinski definition) is 2. The van der Waals surface area contributed by atoms with E-state index in [0.29, 0.717) is 16.8 Å². The van der Waals surface area contributed by atoms with Gasteiger partial charge in [-0.15, -0.1) is 12.4 Å². The van der Waals surface area contributed by atoms with Crippen LogP contribution in [0.25, 0.3) is 22.5 Å². The zero-order chi connectivity index (χ0) is 14.8. The summed E-state index contributed by atoms with van der Waals surface area (Å²) in [6.07, 6.45) is 3.33. The number of primary amides is 1. The summed E-state index contributed by atoms with van der Waals surface area (Å²) < 4.78 is 13.0. The molecule has 0 unspecified atom stereocenters. The number of amides is 1. The zero-order valence-electron chi connectivity index (χ0n) is 11.4. The molecule has 1 aromatic carbocycles. The molecule has 0 bridgehead atoms. The lowest BCUT2D eigenvalue weighted by Crippen LogP contribution is -2.11. The van der Waals surface area contributed by atoms with Gasteiger partial charge < -0.3 is 10.7 Å². The molecule has 22 heavy (non-hydrogen) atoms. The average Bonchev–Trinajstić information content (AvgIpc) is 2.94. The fourth-order valence-corrected chi connectivity index (χ4v) is 2.18. The van der Waals surface area contributed by atoms with Crippen molar-refractivity contribution in [3.8, 4) is 22.5 Å². The molecule has 2 aromatic heterocycles. The van der Waals surface area contributed by atoms with Crippen LogP contribution < -0.4 is 5.73 Å². The lowest BCUT2D eigenvalue weighted by Gasteiger charge is -2.01. The highest BCUT2D eigenvalue weighted by Crippen LogP contribution is 2.28. The van der Waals surface area contributed by atoms with Gasteiger partial charge >= 0.3 is 0 Å². The molecule has 0 saturated carbocycles. The molecule has 0 saturated heterocycles. The van der Waals surface area contributed by atoms with Gasteiger partial charge in [0.2, 0.25) is 0 Å². The predicted octanol–water partition coefficient (Wildman–Crippen LogP) is 3.40. The number of benzene rings is 1. The topological polar surface area (TPSA) is 71.8 Å². The number of carbonyl (C=O) groups excluding carboxylic acids is 1. The Bertz CT molecular complexity index is 785. The Morgan fingerprint density at radius 3 is 2.27 bits per heavy atom. The zero-order valence-corrected chi connectivity index (χ0v) is 12.2. The molecule has 3 N–H and O–H groups in total. The molecular formula is C16H13ClFN3O. The Morgan fingerprint density at radius 1 is 1.05 bits per heavy atom. The molecule has 3 aromatic rings. The van der Waals surface area contributed by atoms with Gasteiger partial charge in [0, 0.05) is 23.7 Å². The van der Waals surface area contributed by atoms with Gasteiger partial charge in [0.1, 0.15) is 5.82 Å². The first-order valence-electron chi connectivity index (χ1n) is 6.34. The molecular weight excluding hydrogens is 305 g/mol. The number of nitrogens with two attached hydrogens (primary N) is 1. The first-order chi connectivity index (χ1) is 10.1. The quantitative estimate of drug-likeness (QED) is 0.777. The number of aromatic amines is 1. The van der Waals surface area contributed by atoms with Crippen LogP contribution in [0.2, 0.25) is 0 Å². The lowest BCUT2D eigenvalue weighted by atomic mass is 10.1. The maximum absolute atomic E-state index is 13.0. The highest BCUT2D eigenvalue weighted by atomic mass is 35.5. The van der Waals surface area contributed by atoms with Crippen molar-refractivity contribution in [2.24, 2.45) is 5.73 Å². The summed E-state index contributed by atoms with van der Waals surface area (Å²) in [5, 5.41) is 0. The van der Waals surface area contributed by atoms with Gasteiger partial charge in [-0.25, -0.2) is 4.39 Å². The number of hydrogen-bond acceptors (Lipinski definition) is 2. The number of nitrogens with zero attached hydrogens (tertiary/aromatic N) is 1. The van der Waals surface area contributed by atoms with Gasteiger partial charge in [-0.1, -0.05) is 0 Å². The summed E-state index contributed by atoms with van der Waals surface area (Å²) in [5.74, 6) is -0.869. The van der Waals surface area contributed by atoms with Gasteiger partial charge in [0.25, 0.3) is 5.91 Å². The highest BCUT2D eigenvalue weighted by Gasteiger charge is 2.15. The van der Waals surface area contributed by atoms with Crippen molar-refractivity contribution in [1.29, 1.82) is 0 Å². The van der Waals surface area contributed by atoms with Gasteiger partial charge in [-0.2, -0.15) is 0 Å². The van der Waals surface area contributed by atoms with Crippen LogP contribution >= 0.6 is 12.4 Å². The molecule has 6 heteroatoms. The van der Waals surface area contributed by atoms with Crippen molar-refractivity contribution >= 4 is 18.3 Å². The van der Waals surface area contributed by atoms with Crippen molar-refractivity contribution in [2.75, 3.05) is 0 Å². The average molecular weight is 318 g/mol. The second-order valence-electron chi connectivity index (χ2n) is 4.58. The third kappa shape index (κ3) is 2.99. The Balaban J connectivity index is 0.00000176. The number of rotatable bonds is 3. The summed E-state index contributed by atoms with van der Waals surface area (Å²) in [5.41, 5.74) is 8.72. The second kappa shape index (κ2) is 6.41. The summed E-state index contributed by atoms with van der Waals surface area (Å²) in [4.78, 5) is 18.7. The van der Waals surface area contributed by atoms with Gasteiger partial charge in [-0.05, 0) is 48.0 Å². The van der Waals surface area contributed by atoms with Crippen LogP contribution in [0.4, 0.5) is 4.39 Å². The van der Waals surface area contributed by atoms with E-state index in [2.05, 4.69) is 9.97 Å². The van der Waals surface area contributed by atoms with Crippen molar-refractivity contribution in [3.63, 3.8) is 0 Å². The minimum absolute atomic E-state index is 0. The maximum atomic E-state index is 13.0. The third-order valence-corrected chi connectivity index (χ3v) is 3.21. The van der Waals surface area contributed by atoms with Crippen molar-refractivity contribution in [1.82, 2.24) is 9.97 Å². The molecule has 2 heterocycles. The standard InChI is InChI=1S/C16H12FN3O.ClH/c17-12-3-1-11(2-4-12)15-13(16(18)21)9-14(20-15)10-5-7-19-8-6-10;/h1-9,20H,(H2,18,21);1H. The van der Waals surface area contributed by atoms with E-state index in [0.717, 1.165) is 11.3 Å². The van der Waals surface area contributed by atoms with E-state index in [1.165, 1.54) is 12.1 Å². The molecule has 3 rings (SSSR count). The first kappa shape index (κ1) is 15.7. The Labute approximate surface area is 132 Å². The lowest BCUT2D eigenvalue weighted by molar-refractivity contribution is 0.100. The molecule has 0 aliphatic carbocycles. The van der Waals surface area contributed by atoms with Gasteiger partial charge in [0.05, 0.1) is 11.3 Å². The van der Waals surface area contributed by atoms with E-state index < -0.39 is 5.91 Å². The summed E-state index contributed by atoms with van der Waals surface area (Å²) in [7, 11) is 0. The maximum Gasteiger partial charge on any atom is 0.250 e. The Morgan fingerprint density at radius 2 is 1.68 bits per heavy atom. The highest BCUT2D eigenvalue weighted by molar-refractivity contribution is 6.00. The molecule has 112 valence electrons. The molecule has 1 amide bonds. The number of halogens is 2. The molecule has 0 aliphatic rings. The third-order valence-electron chi connectivity index (χ3n) is 3.21. The molecule has 0 atom stereocenters. The monoisotopic (exact) mass is 317 g/mol. The first-order valence-corrected chi connectivity index (χ1v) is 6.34. The minimum Gasteiger partial charge on any atom is -0.366 e. The smallest absolute Gasteiger partial charge is 0.250 e. The Kier molecular flexibility index (Phi) is 4.58. The summed E-state index contributed by atoms with van der Waals surface area (Å²) in [6.45, 7) is 0. The predicted molar refractivity (Wildman–Crippen MR) is 85.2 cm³/mol.